The van der Waals surface area contributed by atoms with E-state index in [4.69, 9.17) is 4.74 Å². The predicted molar refractivity (Wildman–Crippen MR) is 133 cm³/mol. The van der Waals surface area contributed by atoms with Crippen molar-refractivity contribution in [1.29, 1.82) is 0 Å². The number of rotatable bonds is 9. The molecule has 0 aliphatic carbocycles. The summed E-state index contributed by atoms with van der Waals surface area (Å²) in [7, 11) is -1.99. The molecule has 1 aliphatic heterocycles. The Balaban J connectivity index is 1.78. The largest absolute Gasteiger partial charge is 0.387 e. The summed E-state index contributed by atoms with van der Waals surface area (Å²) in [6.45, 7) is 10.7. The average molecular weight is 475 g/mol. The van der Waals surface area contributed by atoms with Gasteiger partial charge in [0.2, 0.25) is 0 Å². The molecular weight excluding hydrogens is 436 g/mol. The number of aryl methyl sites for hydroxylation is 2. The topological polar surface area (TPSA) is 70.1 Å². The highest BCUT2D eigenvalue weighted by atomic mass is 32.2. The third-order valence-electron chi connectivity index (χ3n) is 6.30. The molecule has 1 aliphatic rings. The van der Waals surface area contributed by atoms with Gasteiger partial charge in [-0.3, -0.25) is 4.31 Å². The van der Waals surface area contributed by atoms with Crippen LogP contribution in [-0.2, 0) is 14.8 Å². The number of hydrogen-bond donors (Lipinski definition) is 1. The van der Waals surface area contributed by atoms with Gasteiger partial charge in [-0.2, -0.15) is 0 Å². The van der Waals surface area contributed by atoms with Crippen LogP contribution in [0.25, 0.3) is 0 Å². The molecular formula is C26H38N2O4S. The Morgan fingerprint density at radius 3 is 2.27 bits per heavy atom. The molecule has 1 saturated heterocycles. The van der Waals surface area contributed by atoms with E-state index in [0.29, 0.717) is 24.9 Å². The van der Waals surface area contributed by atoms with Crippen molar-refractivity contribution < 1.29 is 18.3 Å². The van der Waals surface area contributed by atoms with E-state index in [9.17, 15) is 13.5 Å². The highest BCUT2D eigenvalue weighted by Gasteiger charge is 2.27. The summed E-state index contributed by atoms with van der Waals surface area (Å²) >= 11 is 0. The first-order chi connectivity index (χ1) is 15.6. The van der Waals surface area contributed by atoms with E-state index in [2.05, 4.69) is 4.90 Å². The lowest BCUT2D eigenvalue weighted by atomic mass is 10.1. The third kappa shape index (κ3) is 6.35. The van der Waals surface area contributed by atoms with Gasteiger partial charge >= 0.3 is 0 Å². The van der Waals surface area contributed by atoms with Gasteiger partial charge in [0.15, 0.2) is 0 Å². The fourth-order valence-electron chi connectivity index (χ4n) is 4.41. The lowest BCUT2D eigenvalue weighted by Gasteiger charge is -2.32. The summed E-state index contributed by atoms with van der Waals surface area (Å²) in [6, 6.07) is 12.5. The molecule has 1 unspecified atom stereocenters. The van der Waals surface area contributed by atoms with Gasteiger partial charge in [-0.15, -0.1) is 0 Å². The molecule has 1 heterocycles. The predicted octanol–water partition coefficient (Wildman–Crippen LogP) is 4.30. The van der Waals surface area contributed by atoms with Crippen LogP contribution >= 0.6 is 0 Å². The first-order valence-electron chi connectivity index (χ1n) is 11.7. The second-order valence-corrected chi connectivity index (χ2v) is 11.4. The molecule has 0 radical (unpaired) electrons. The molecule has 6 nitrogen and oxygen atoms in total. The molecule has 1 fully saturated rings. The summed E-state index contributed by atoms with van der Waals surface area (Å²) in [5.41, 5.74) is 3.47. The molecule has 182 valence electrons. The van der Waals surface area contributed by atoms with Crippen LogP contribution in [-0.4, -0.2) is 57.8 Å². The Labute approximate surface area is 199 Å². The fourth-order valence-corrected chi connectivity index (χ4v) is 6.10. The molecule has 1 N–H and O–H groups in total. The summed E-state index contributed by atoms with van der Waals surface area (Å²) < 4.78 is 34.1. The number of benzene rings is 2. The Morgan fingerprint density at radius 1 is 1.09 bits per heavy atom. The zero-order chi connectivity index (χ0) is 24.2. The van der Waals surface area contributed by atoms with Gasteiger partial charge in [0.05, 0.1) is 22.8 Å². The molecule has 0 amide bonds. The number of nitrogens with zero attached hydrogens (tertiary/aromatic N) is 2. The molecule has 0 bridgehead atoms. The molecule has 0 saturated carbocycles. The van der Waals surface area contributed by atoms with E-state index >= 15 is 0 Å². The minimum absolute atomic E-state index is 0.170. The molecule has 2 aromatic carbocycles. The SMILES string of the molecule is COC1CCN(CC(O)c2ccc(S(=O)(=O)N(CC(C)C)c3ccc(C)cc3C)cc2)CC1. The number of hydrogen-bond acceptors (Lipinski definition) is 5. The van der Waals surface area contributed by atoms with Crippen molar-refractivity contribution in [2.45, 2.75) is 57.6 Å². The minimum atomic E-state index is -3.74. The number of piperidine rings is 1. The summed E-state index contributed by atoms with van der Waals surface area (Å²) in [6.07, 6.45) is 1.57. The van der Waals surface area contributed by atoms with Gasteiger partial charge in [-0.1, -0.05) is 43.7 Å². The van der Waals surface area contributed by atoms with Crippen LogP contribution in [0.3, 0.4) is 0 Å². The van der Waals surface area contributed by atoms with Crippen molar-refractivity contribution in [1.82, 2.24) is 4.90 Å². The summed E-state index contributed by atoms with van der Waals surface area (Å²) in [5, 5.41) is 10.7. The maximum absolute atomic E-state index is 13.6. The third-order valence-corrected chi connectivity index (χ3v) is 8.10. The Kier molecular flexibility index (Phi) is 8.56. The van der Waals surface area contributed by atoms with E-state index in [0.717, 1.165) is 42.6 Å². The monoisotopic (exact) mass is 474 g/mol. The van der Waals surface area contributed by atoms with Crippen LogP contribution in [0.2, 0.25) is 0 Å². The van der Waals surface area contributed by atoms with Gasteiger partial charge in [0, 0.05) is 33.3 Å². The maximum atomic E-state index is 13.6. The van der Waals surface area contributed by atoms with Crippen molar-refractivity contribution in [2.24, 2.45) is 5.92 Å². The molecule has 7 heteroatoms. The molecule has 1 atom stereocenters. The molecule has 3 rings (SSSR count). The molecule has 33 heavy (non-hydrogen) atoms. The molecule has 2 aromatic rings. The van der Waals surface area contributed by atoms with Crippen molar-refractivity contribution in [3.05, 3.63) is 59.2 Å². The zero-order valence-electron chi connectivity index (χ0n) is 20.5. The van der Waals surface area contributed by atoms with Gasteiger partial charge in [0.1, 0.15) is 0 Å². The first kappa shape index (κ1) is 25.7. The number of methoxy groups -OCH3 is 1. The number of aliphatic hydroxyl groups excluding tert-OH is 1. The fraction of sp³-hybridized carbons (Fsp3) is 0.538. The van der Waals surface area contributed by atoms with E-state index in [1.165, 1.54) is 4.31 Å². The van der Waals surface area contributed by atoms with Crippen molar-refractivity contribution in [3.8, 4) is 0 Å². The number of ether oxygens (including phenoxy) is 1. The normalized spacial score (nSPS) is 16.8. The second kappa shape index (κ2) is 11.0. The van der Waals surface area contributed by atoms with Crippen molar-refractivity contribution >= 4 is 15.7 Å². The van der Waals surface area contributed by atoms with Gasteiger partial charge in [-0.05, 0) is 61.9 Å². The van der Waals surface area contributed by atoms with Crippen molar-refractivity contribution in [2.75, 3.05) is 37.6 Å². The number of sulfonamides is 1. The highest BCUT2D eigenvalue weighted by molar-refractivity contribution is 7.92. The maximum Gasteiger partial charge on any atom is 0.264 e. The van der Waals surface area contributed by atoms with Crippen LogP contribution < -0.4 is 4.31 Å². The lowest BCUT2D eigenvalue weighted by molar-refractivity contribution is 0.0242. The standard InChI is InChI=1S/C26H38N2O4S/c1-19(2)17-28(25-11-6-20(3)16-21(25)4)33(30,31)24-9-7-22(8-10-24)26(29)18-27-14-12-23(32-5)13-15-27/h6-11,16,19,23,26,29H,12-15,17-18H2,1-5H3. The number of likely N-dealkylation sites (tertiary alicyclic amines) is 1. The van der Waals surface area contributed by atoms with Gasteiger partial charge < -0.3 is 14.7 Å². The van der Waals surface area contributed by atoms with Crippen LogP contribution in [0.5, 0.6) is 0 Å². The van der Waals surface area contributed by atoms with E-state index < -0.39 is 16.1 Å². The molecule has 0 spiro atoms. The van der Waals surface area contributed by atoms with Crippen LogP contribution in [0.4, 0.5) is 5.69 Å². The van der Waals surface area contributed by atoms with Crippen LogP contribution in [0, 0.1) is 19.8 Å². The highest BCUT2D eigenvalue weighted by Crippen LogP contribution is 2.29. The summed E-state index contributed by atoms with van der Waals surface area (Å²) in [4.78, 5) is 2.47. The molecule has 0 aromatic heterocycles. The number of aliphatic hydroxyl groups is 1. The average Bonchev–Trinajstić information content (AvgIpc) is 2.78. The van der Waals surface area contributed by atoms with Crippen LogP contribution in [0.1, 0.15) is 49.5 Å². The lowest BCUT2D eigenvalue weighted by Crippen LogP contribution is -2.38. The van der Waals surface area contributed by atoms with E-state index in [-0.39, 0.29) is 10.8 Å². The Morgan fingerprint density at radius 2 is 1.73 bits per heavy atom. The van der Waals surface area contributed by atoms with Gasteiger partial charge in [-0.25, -0.2) is 8.42 Å². The van der Waals surface area contributed by atoms with E-state index in [1.54, 1.807) is 31.4 Å². The smallest absolute Gasteiger partial charge is 0.264 e. The second-order valence-electron chi connectivity index (χ2n) is 9.54. The Bertz CT molecular complexity index is 1010. The number of β-amino-alcohol motifs (C(OH)–C–C–N with tert-alkyl or cyclic N) is 1. The van der Waals surface area contributed by atoms with E-state index in [1.807, 2.05) is 45.9 Å². The number of anilines is 1. The Hall–Kier alpha value is -1.93. The minimum Gasteiger partial charge on any atom is -0.387 e. The first-order valence-corrected chi connectivity index (χ1v) is 13.2. The van der Waals surface area contributed by atoms with Crippen molar-refractivity contribution in [3.63, 3.8) is 0 Å². The van der Waals surface area contributed by atoms with Gasteiger partial charge in [0.25, 0.3) is 10.0 Å². The zero-order valence-corrected chi connectivity index (χ0v) is 21.3. The quantitative estimate of drug-likeness (QED) is 0.587. The van der Waals surface area contributed by atoms with Crippen LogP contribution in [0.15, 0.2) is 47.4 Å². The summed E-state index contributed by atoms with van der Waals surface area (Å²) in [5.74, 6) is 0.170.